The molecule has 0 saturated carbocycles. The second kappa shape index (κ2) is 8.43. The van der Waals surface area contributed by atoms with Gasteiger partial charge in [-0.2, -0.15) is 18.3 Å². The Bertz CT molecular complexity index is 819. The van der Waals surface area contributed by atoms with Gasteiger partial charge in [-0.1, -0.05) is 12.1 Å². The van der Waals surface area contributed by atoms with Crippen LogP contribution in [-0.4, -0.2) is 43.7 Å². The molecule has 27 heavy (non-hydrogen) atoms. The van der Waals surface area contributed by atoms with Crippen LogP contribution in [0.4, 0.5) is 18.9 Å². The number of likely N-dealkylation sites (N-methyl/N-ethyl adjacent to an activating group) is 1. The third kappa shape index (κ3) is 4.79. The fourth-order valence-electron chi connectivity index (χ4n) is 2.62. The van der Waals surface area contributed by atoms with E-state index in [1.54, 1.807) is 31.2 Å². The third-order valence-corrected chi connectivity index (χ3v) is 4.25. The van der Waals surface area contributed by atoms with Crippen LogP contribution < -0.4 is 15.2 Å². The van der Waals surface area contributed by atoms with Crippen molar-refractivity contribution in [3.05, 3.63) is 51.9 Å². The van der Waals surface area contributed by atoms with E-state index >= 15 is 0 Å². The van der Waals surface area contributed by atoms with Crippen molar-refractivity contribution in [2.24, 2.45) is 0 Å². The normalized spacial score (nSPS) is 12.7. The van der Waals surface area contributed by atoms with E-state index in [-0.39, 0.29) is 24.9 Å². The van der Waals surface area contributed by atoms with Crippen LogP contribution >= 0.6 is 0 Å². The Labute approximate surface area is 155 Å². The summed E-state index contributed by atoms with van der Waals surface area (Å²) in [6.07, 6.45) is -3.74. The molecule has 0 aliphatic carbocycles. The molecule has 2 rings (SSSR count). The maximum Gasteiger partial charge on any atom is 0.423 e. The van der Waals surface area contributed by atoms with Gasteiger partial charge in [-0.05, 0) is 24.6 Å². The summed E-state index contributed by atoms with van der Waals surface area (Å²) in [6.45, 7) is 1.83. The van der Waals surface area contributed by atoms with Gasteiger partial charge in [0.15, 0.2) is 0 Å². The number of hydrogen-bond donors (Lipinski definition) is 0. The van der Waals surface area contributed by atoms with E-state index in [4.69, 9.17) is 9.47 Å². The van der Waals surface area contributed by atoms with Crippen molar-refractivity contribution in [2.75, 3.05) is 32.8 Å². The summed E-state index contributed by atoms with van der Waals surface area (Å²) >= 11 is 0. The Morgan fingerprint density at radius 2 is 1.85 bits per heavy atom. The van der Waals surface area contributed by atoms with Gasteiger partial charge in [0.2, 0.25) is 0 Å². The second-order valence-corrected chi connectivity index (χ2v) is 6.13. The summed E-state index contributed by atoms with van der Waals surface area (Å²) in [5, 5.41) is 3.94. The first-order valence-electron chi connectivity index (χ1n) is 8.21. The van der Waals surface area contributed by atoms with Gasteiger partial charge in [0.1, 0.15) is 11.3 Å². The van der Waals surface area contributed by atoms with Gasteiger partial charge in [0.25, 0.3) is 5.56 Å². The van der Waals surface area contributed by atoms with Crippen LogP contribution in [0.3, 0.4) is 0 Å². The predicted octanol–water partition coefficient (Wildman–Crippen LogP) is 2.79. The first-order valence-corrected chi connectivity index (χ1v) is 8.21. The maximum absolute atomic E-state index is 13.6. The Hall–Kier alpha value is -2.55. The molecule has 0 aliphatic rings. The average Bonchev–Trinajstić information content (AvgIpc) is 2.62. The van der Waals surface area contributed by atoms with Gasteiger partial charge in [-0.25, -0.2) is 4.68 Å². The number of nitrogens with zero attached hydrogens (tertiary/aromatic N) is 3. The number of hydrogen-bond acceptors (Lipinski definition) is 5. The predicted molar refractivity (Wildman–Crippen MR) is 95.3 cm³/mol. The Morgan fingerprint density at radius 1 is 1.22 bits per heavy atom. The molecule has 0 aliphatic heterocycles. The first-order chi connectivity index (χ1) is 12.7. The lowest BCUT2D eigenvalue weighted by molar-refractivity contribution is -0.138. The van der Waals surface area contributed by atoms with Gasteiger partial charge >= 0.3 is 6.18 Å². The highest BCUT2D eigenvalue weighted by Crippen LogP contribution is 2.33. The summed E-state index contributed by atoms with van der Waals surface area (Å²) in [5.74, 6) is 0.610. The maximum atomic E-state index is 13.6. The zero-order valence-corrected chi connectivity index (χ0v) is 15.6. The van der Waals surface area contributed by atoms with E-state index in [2.05, 4.69) is 5.10 Å². The Morgan fingerprint density at radius 3 is 2.37 bits per heavy atom. The SMILES string of the molecule is COC[C@H](C)N(C)c1cnn(Cc2ccc(OC)cc2)c(=O)c1C(F)(F)F. The number of methoxy groups -OCH3 is 2. The topological polar surface area (TPSA) is 56.6 Å². The molecule has 1 aromatic heterocycles. The number of aromatic nitrogens is 2. The van der Waals surface area contributed by atoms with Crippen LogP contribution in [0.5, 0.6) is 5.75 Å². The van der Waals surface area contributed by atoms with E-state index in [1.165, 1.54) is 26.2 Å². The van der Waals surface area contributed by atoms with Crippen molar-refractivity contribution in [1.29, 1.82) is 0 Å². The van der Waals surface area contributed by atoms with Crippen LogP contribution in [0.15, 0.2) is 35.3 Å². The van der Waals surface area contributed by atoms with Gasteiger partial charge in [0.05, 0.1) is 32.1 Å². The molecule has 148 valence electrons. The van der Waals surface area contributed by atoms with Crippen molar-refractivity contribution in [1.82, 2.24) is 9.78 Å². The van der Waals surface area contributed by atoms with Gasteiger partial charge in [-0.3, -0.25) is 4.79 Å². The summed E-state index contributed by atoms with van der Waals surface area (Å²) in [4.78, 5) is 13.9. The van der Waals surface area contributed by atoms with Crippen molar-refractivity contribution in [3.63, 3.8) is 0 Å². The Balaban J connectivity index is 2.45. The van der Waals surface area contributed by atoms with Crippen LogP contribution in [0, 0.1) is 0 Å². The van der Waals surface area contributed by atoms with Gasteiger partial charge < -0.3 is 14.4 Å². The highest BCUT2D eigenvalue weighted by Gasteiger charge is 2.39. The van der Waals surface area contributed by atoms with E-state index in [1.807, 2.05) is 0 Å². The zero-order chi connectivity index (χ0) is 20.2. The fourth-order valence-corrected chi connectivity index (χ4v) is 2.62. The van der Waals surface area contributed by atoms with Gasteiger partial charge in [-0.15, -0.1) is 0 Å². The molecule has 0 radical (unpaired) electrons. The molecule has 1 atom stereocenters. The fraction of sp³-hybridized carbons (Fsp3) is 0.444. The van der Waals surface area contributed by atoms with E-state index in [9.17, 15) is 18.0 Å². The molecule has 1 heterocycles. The van der Waals surface area contributed by atoms with Crippen LogP contribution in [0.25, 0.3) is 0 Å². The largest absolute Gasteiger partial charge is 0.497 e. The average molecular weight is 385 g/mol. The number of anilines is 1. The summed E-state index contributed by atoms with van der Waals surface area (Å²) < 4.78 is 51.7. The number of rotatable bonds is 7. The van der Waals surface area contributed by atoms with Crippen molar-refractivity contribution < 1.29 is 22.6 Å². The quantitative estimate of drug-likeness (QED) is 0.734. The molecule has 2 aromatic rings. The molecule has 6 nitrogen and oxygen atoms in total. The minimum atomic E-state index is -4.81. The molecule has 0 unspecified atom stereocenters. The number of ether oxygens (including phenoxy) is 2. The summed E-state index contributed by atoms with van der Waals surface area (Å²) in [7, 11) is 4.44. The molecule has 0 bridgehead atoms. The number of benzene rings is 1. The van der Waals surface area contributed by atoms with Crippen LogP contribution in [0.2, 0.25) is 0 Å². The molecular formula is C18H22F3N3O3. The van der Waals surface area contributed by atoms with Gasteiger partial charge in [0, 0.05) is 20.2 Å². The number of halogens is 3. The number of alkyl halides is 3. The van der Waals surface area contributed by atoms with Crippen LogP contribution in [-0.2, 0) is 17.5 Å². The lowest BCUT2D eigenvalue weighted by atomic mass is 10.2. The van der Waals surface area contributed by atoms with Crippen LogP contribution in [0.1, 0.15) is 18.1 Å². The molecule has 9 heteroatoms. The minimum absolute atomic E-state index is 0.0798. The lowest BCUT2D eigenvalue weighted by Gasteiger charge is -2.28. The molecule has 0 amide bonds. The molecular weight excluding hydrogens is 363 g/mol. The third-order valence-electron chi connectivity index (χ3n) is 4.25. The highest BCUT2D eigenvalue weighted by atomic mass is 19.4. The monoisotopic (exact) mass is 385 g/mol. The standard InChI is InChI=1S/C18H22F3N3O3/c1-12(11-26-3)23(2)15-9-22-24(17(25)16(15)18(19,20)21)10-13-5-7-14(27-4)8-6-13/h5-9,12H,10-11H2,1-4H3/t12-/m0/s1. The molecule has 0 spiro atoms. The van der Waals surface area contributed by atoms with E-state index in [0.29, 0.717) is 11.3 Å². The highest BCUT2D eigenvalue weighted by molar-refractivity contribution is 5.52. The minimum Gasteiger partial charge on any atom is -0.497 e. The molecule has 0 fully saturated rings. The smallest absolute Gasteiger partial charge is 0.423 e. The molecule has 1 aromatic carbocycles. The summed E-state index contributed by atoms with van der Waals surface area (Å²) in [5.41, 5.74) is -2.07. The zero-order valence-electron chi connectivity index (χ0n) is 15.6. The molecule has 0 N–H and O–H groups in total. The lowest BCUT2D eigenvalue weighted by Crippen LogP contribution is -2.39. The molecule has 0 saturated heterocycles. The van der Waals surface area contributed by atoms with Crippen molar-refractivity contribution in [2.45, 2.75) is 25.7 Å². The van der Waals surface area contributed by atoms with E-state index < -0.39 is 17.3 Å². The Kier molecular flexibility index (Phi) is 6.48. The van der Waals surface area contributed by atoms with Crippen molar-refractivity contribution >= 4 is 5.69 Å². The second-order valence-electron chi connectivity index (χ2n) is 6.13. The van der Waals surface area contributed by atoms with Crippen molar-refractivity contribution in [3.8, 4) is 5.75 Å². The van der Waals surface area contributed by atoms with E-state index in [0.717, 1.165) is 10.9 Å². The first kappa shape index (κ1) is 20.8. The summed E-state index contributed by atoms with van der Waals surface area (Å²) in [6, 6.07) is 6.30.